The summed E-state index contributed by atoms with van der Waals surface area (Å²) in [5.74, 6) is -0.294. The predicted molar refractivity (Wildman–Crippen MR) is 161 cm³/mol. The molecule has 0 aliphatic carbocycles. The van der Waals surface area contributed by atoms with Gasteiger partial charge in [-0.2, -0.15) is 5.26 Å². The first-order valence-electron chi connectivity index (χ1n) is 12.6. The van der Waals surface area contributed by atoms with Gasteiger partial charge in [0.25, 0.3) is 11.8 Å². The molecule has 2 amide bonds. The zero-order chi connectivity index (χ0) is 28.4. The van der Waals surface area contributed by atoms with Crippen molar-refractivity contribution < 1.29 is 18.8 Å². The number of amides is 2. The number of hydrogen-bond donors (Lipinski definition) is 2. The third-order valence-corrected chi connectivity index (χ3v) is 9.79. The number of nitriles is 1. The number of unbranched alkanes of at least 4 members (excludes halogenated alkanes) is 1. The lowest BCUT2D eigenvalue weighted by Crippen LogP contribution is -2.34. The topological polar surface area (TPSA) is 104 Å². The van der Waals surface area contributed by atoms with Crippen molar-refractivity contribution in [3.63, 3.8) is 0 Å². The normalized spacial score (nSPS) is 11.0. The highest BCUT2D eigenvalue weighted by atomic mass is 35.5. The summed E-state index contributed by atoms with van der Waals surface area (Å²) in [6.45, 7) is 7.52. The summed E-state index contributed by atoms with van der Waals surface area (Å²) in [7, 11) is -0.220. The highest BCUT2D eigenvalue weighted by molar-refractivity contribution is 7.18. The number of carbonyl (C=O) groups is 2. The number of carbonyl (C=O) groups excluding carboxylic acids is 2. The fraction of sp³-hybridized carbons (Fsp3) is 0.321. The molecular weight excluding hydrogens is 552 g/mol. The second-order valence-electron chi connectivity index (χ2n) is 9.43. The molecule has 0 atom stereocenters. The van der Waals surface area contributed by atoms with Gasteiger partial charge >= 0.3 is 0 Å². The van der Waals surface area contributed by atoms with Crippen LogP contribution in [0.25, 0.3) is 0 Å². The monoisotopic (exact) mass is 584 g/mol. The maximum atomic E-state index is 13.1. The third kappa shape index (κ3) is 8.83. The lowest BCUT2D eigenvalue weighted by Gasteiger charge is -2.24. The average Bonchev–Trinajstić information content (AvgIpc) is 3.37. The quantitative estimate of drug-likeness (QED) is 0.125. The van der Waals surface area contributed by atoms with Gasteiger partial charge in [-0.15, -0.1) is 11.3 Å². The number of ether oxygens (including phenoxy) is 1. The van der Waals surface area contributed by atoms with Gasteiger partial charge in [-0.25, -0.2) is 0 Å². The van der Waals surface area contributed by atoms with E-state index in [1.165, 1.54) is 7.11 Å². The summed E-state index contributed by atoms with van der Waals surface area (Å²) in [5.41, 5.74) is 1.82. The minimum Gasteiger partial charge on any atom is -0.497 e. The molecule has 2 N–H and O–H groups in total. The number of halogens is 1. The van der Waals surface area contributed by atoms with E-state index in [0.717, 1.165) is 30.2 Å². The Balaban J connectivity index is 1.66. The van der Waals surface area contributed by atoms with Crippen molar-refractivity contribution in [1.82, 2.24) is 0 Å². The molecule has 2 aromatic carbocycles. The van der Waals surface area contributed by atoms with E-state index in [4.69, 9.17) is 20.8 Å². The van der Waals surface area contributed by atoms with Crippen LogP contribution in [0.4, 0.5) is 17.1 Å². The first-order chi connectivity index (χ1) is 18.7. The Hall–Kier alpha value is -3.36. The van der Waals surface area contributed by atoms with Gasteiger partial charge in [0.2, 0.25) is 0 Å². The van der Waals surface area contributed by atoms with E-state index in [-0.39, 0.29) is 11.5 Å². The molecule has 0 bridgehead atoms. The predicted octanol–water partition coefficient (Wildman–Crippen LogP) is 7.22. The van der Waals surface area contributed by atoms with Gasteiger partial charge in [0.05, 0.1) is 46.4 Å². The molecular formula is C28H33ClN4O4SSi. The Labute approximate surface area is 239 Å². The van der Waals surface area contributed by atoms with Crippen molar-refractivity contribution in [2.24, 2.45) is 0 Å². The lowest BCUT2D eigenvalue weighted by atomic mass is 10.1. The van der Waals surface area contributed by atoms with Gasteiger partial charge < -0.3 is 19.8 Å². The molecule has 0 saturated heterocycles. The van der Waals surface area contributed by atoms with Crippen LogP contribution in [0, 0.1) is 11.5 Å². The number of hydrogen-bond acceptors (Lipinski definition) is 7. The number of anilines is 3. The van der Waals surface area contributed by atoms with E-state index in [1.54, 1.807) is 59.5 Å². The maximum Gasteiger partial charge on any atom is 0.265 e. The first-order valence-corrected chi connectivity index (χ1v) is 16.9. The van der Waals surface area contributed by atoms with Crippen LogP contribution in [0.3, 0.4) is 0 Å². The molecule has 0 aliphatic heterocycles. The van der Waals surface area contributed by atoms with E-state index in [0.29, 0.717) is 45.2 Å². The highest BCUT2D eigenvalue weighted by Crippen LogP contribution is 2.27. The van der Waals surface area contributed by atoms with Crippen LogP contribution in [0.2, 0.25) is 23.5 Å². The van der Waals surface area contributed by atoms with Crippen LogP contribution in [0.15, 0.2) is 54.6 Å². The summed E-state index contributed by atoms with van der Waals surface area (Å²) in [5, 5.41) is 15.3. The van der Waals surface area contributed by atoms with Crippen molar-refractivity contribution in [2.75, 3.05) is 35.8 Å². The van der Waals surface area contributed by atoms with Gasteiger partial charge in [0.15, 0.2) is 14.5 Å². The average molecular weight is 585 g/mol. The number of nitrogens with one attached hydrogen (secondary N) is 2. The van der Waals surface area contributed by atoms with Crippen molar-refractivity contribution in [2.45, 2.75) is 38.9 Å². The lowest BCUT2D eigenvalue weighted by molar-refractivity contribution is 0.102. The smallest absolute Gasteiger partial charge is 0.265 e. The molecule has 3 rings (SSSR count). The van der Waals surface area contributed by atoms with E-state index in [9.17, 15) is 14.9 Å². The Morgan fingerprint density at radius 3 is 2.44 bits per heavy atom. The SMILES string of the molecule is CCCC[Si](C)(C)OCCN(C#N)c1ccc(NC(=O)c2ccc(OC)cc2NC(=O)c2ccc(Cl)s2)cc1. The molecule has 8 nitrogen and oxygen atoms in total. The van der Waals surface area contributed by atoms with Crippen molar-refractivity contribution in [3.8, 4) is 11.9 Å². The second kappa shape index (κ2) is 14.1. The van der Waals surface area contributed by atoms with E-state index in [2.05, 4.69) is 36.8 Å². The Bertz CT molecular complexity index is 1320. The number of rotatable bonds is 13. The Morgan fingerprint density at radius 2 is 1.82 bits per heavy atom. The first kappa shape index (κ1) is 30.2. The van der Waals surface area contributed by atoms with Gasteiger partial charge in [-0.3, -0.25) is 14.5 Å². The molecule has 11 heteroatoms. The molecule has 0 radical (unpaired) electrons. The summed E-state index contributed by atoms with van der Waals surface area (Å²) in [6.07, 6.45) is 4.51. The van der Waals surface area contributed by atoms with E-state index < -0.39 is 14.2 Å². The summed E-state index contributed by atoms with van der Waals surface area (Å²) in [6, 6.07) is 16.2. The van der Waals surface area contributed by atoms with E-state index in [1.807, 2.05) is 0 Å². The maximum absolute atomic E-state index is 13.1. The highest BCUT2D eigenvalue weighted by Gasteiger charge is 2.22. The van der Waals surface area contributed by atoms with Crippen molar-refractivity contribution in [1.29, 1.82) is 5.26 Å². The zero-order valence-corrected chi connectivity index (χ0v) is 25.1. The summed E-state index contributed by atoms with van der Waals surface area (Å²) < 4.78 is 11.9. The number of methoxy groups -OCH3 is 1. The standard InChI is InChI=1S/C28H33ClN4O4SSi/c1-5-6-17-39(3,4)37-16-15-33(19-30)21-9-7-20(8-10-21)31-27(34)23-12-11-22(36-2)18-24(23)32-28(35)25-13-14-26(29)38-25/h7-14,18H,5-6,15-17H2,1-4H3,(H,31,34)(H,32,35). The number of nitrogens with zero attached hydrogens (tertiary/aromatic N) is 2. The van der Waals surface area contributed by atoms with Crippen LogP contribution in [-0.2, 0) is 4.43 Å². The van der Waals surface area contributed by atoms with Gasteiger partial charge in [0, 0.05) is 11.8 Å². The molecule has 1 aromatic heterocycles. The summed E-state index contributed by atoms with van der Waals surface area (Å²) >= 11 is 7.10. The molecule has 206 valence electrons. The van der Waals surface area contributed by atoms with Gasteiger partial charge in [0.1, 0.15) is 5.75 Å². The molecule has 0 fully saturated rings. The number of benzene rings is 2. The zero-order valence-electron chi connectivity index (χ0n) is 22.5. The molecule has 39 heavy (non-hydrogen) atoms. The molecule has 0 saturated carbocycles. The van der Waals surface area contributed by atoms with Crippen LogP contribution < -0.4 is 20.3 Å². The fourth-order valence-electron chi connectivity index (χ4n) is 3.82. The molecule has 0 unspecified atom stereocenters. The van der Waals surface area contributed by atoms with Crippen molar-refractivity contribution >= 4 is 60.1 Å². The molecule has 0 aliphatic rings. The molecule has 3 aromatic rings. The minimum atomic E-state index is -1.73. The van der Waals surface area contributed by atoms with Gasteiger partial charge in [-0.1, -0.05) is 31.4 Å². The number of thiophene rings is 1. The van der Waals surface area contributed by atoms with Gasteiger partial charge in [-0.05, 0) is 67.7 Å². The molecule has 1 heterocycles. The van der Waals surface area contributed by atoms with Crippen molar-refractivity contribution in [3.05, 3.63) is 69.4 Å². The van der Waals surface area contributed by atoms with E-state index >= 15 is 0 Å². The van der Waals surface area contributed by atoms with Crippen LogP contribution >= 0.6 is 22.9 Å². The Morgan fingerprint density at radius 1 is 1.08 bits per heavy atom. The van der Waals surface area contributed by atoms with Crippen LogP contribution in [-0.4, -0.2) is 40.4 Å². The molecule has 0 spiro atoms. The minimum absolute atomic E-state index is 0.265. The van der Waals surface area contributed by atoms with Crippen LogP contribution in [0.1, 0.15) is 39.8 Å². The van der Waals surface area contributed by atoms with Crippen LogP contribution in [0.5, 0.6) is 5.75 Å². The second-order valence-corrected chi connectivity index (χ2v) is 15.5. The summed E-state index contributed by atoms with van der Waals surface area (Å²) in [4.78, 5) is 27.8. The fourth-order valence-corrected chi connectivity index (χ4v) is 6.75. The largest absolute Gasteiger partial charge is 0.497 e. The third-order valence-electron chi connectivity index (χ3n) is 6.01. The Kier molecular flexibility index (Phi) is 10.9.